The number of anilines is 1. The lowest BCUT2D eigenvalue weighted by Crippen LogP contribution is -2.48. The van der Waals surface area contributed by atoms with Crippen LogP contribution in [-0.2, 0) is 16.0 Å². The first-order valence-electron chi connectivity index (χ1n) is 9.06. The SMILES string of the molecule is CCC(=O)N1c2ccccc2C[C@H]1C(=O)NCCC1=CCCCC1. The Morgan fingerprint density at radius 2 is 2.08 bits per heavy atom. The van der Waals surface area contributed by atoms with Crippen molar-refractivity contribution in [3.05, 3.63) is 41.5 Å². The van der Waals surface area contributed by atoms with Gasteiger partial charge in [-0.05, 0) is 43.7 Å². The van der Waals surface area contributed by atoms with Crippen molar-refractivity contribution in [1.82, 2.24) is 5.32 Å². The molecule has 0 saturated heterocycles. The Labute approximate surface area is 143 Å². The summed E-state index contributed by atoms with van der Waals surface area (Å²) in [6, 6.07) is 7.41. The van der Waals surface area contributed by atoms with Gasteiger partial charge in [0.15, 0.2) is 0 Å². The maximum Gasteiger partial charge on any atom is 0.243 e. The van der Waals surface area contributed by atoms with Gasteiger partial charge in [0.1, 0.15) is 6.04 Å². The molecule has 24 heavy (non-hydrogen) atoms. The number of nitrogens with zero attached hydrogens (tertiary/aromatic N) is 1. The highest BCUT2D eigenvalue weighted by Gasteiger charge is 2.37. The fourth-order valence-electron chi connectivity index (χ4n) is 3.67. The monoisotopic (exact) mass is 326 g/mol. The predicted molar refractivity (Wildman–Crippen MR) is 95.9 cm³/mol. The first kappa shape index (κ1) is 16.7. The second kappa shape index (κ2) is 7.65. The zero-order valence-corrected chi connectivity index (χ0v) is 14.4. The maximum atomic E-state index is 12.7. The van der Waals surface area contributed by atoms with Gasteiger partial charge >= 0.3 is 0 Å². The third kappa shape index (κ3) is 3.53. The smallest absolute Gasteiger partial charge is 0.243 e. The van der Waals surface area contributed by atoms with Crippen molar-refractivity contribution in [3.8, 4) is 0 Å². The van der Waals surface area contributed by atoms with Crippen molar-refractivity contribution >= 4 is 17.5 Å². The van der Waals surface area contributed by atoms with Gasteiger partial charge < -0.3 is 5.32 Å². The van der Waals surface area contributed by atoms with Crippen molar-refractivity contribution in [2.24, 2.45) is 0 Å². The Bertz CT molecular complexity index is 651. The standard InChI is InChI=1S/C20H26N2O2/c1-2-19(23)22-17-11-7-6-10-16(17)14-18(22)20(24)21-13-12-15-8-4-3-5-9-15/h6-8,10-11,18H,2-5,9,12-14H2,1H3,(H,21,24)/t18-/m0/s1. The molecule has 4 heteroatoms. The quantitative estimate of drug-likeness (QED) is 0.844. The number of benzene rings is 1. The first-order valence-corrected chi connectivity index (χ1v) is 9.06. The van der Waals surface area contributed by atoms with E-state index < -0.39 is 6.04 Å². The van der Waals surface area contributed by atoms with E-state index in [-0.39, 0.29) is 11.8 Å². The number of hydrogen-bond acceptors (Lipinski definition) is 2. The Morgan fingerprint density at radius 3 is 2.83 bits per heavy atom. The molecule has 1 N–H and O–H groups in total. The lowest BCUT2D eigenvalue weighted by molar-refractivity contribution is -0.126. The van der Waals surface area contributed by atoms with Gasteiger partial charge in [0.05, 0.1) is 0 Å². The summed E-state index contributed by atoms with van der Waals surface area (Å²) in [7, 11) is 0. The van der Waals surface area contributed by atoms with Gasteiger partial charge in [-0.2, -0.15) is 0 Å². The summed E-state index contributed by atoms with van der Waals surface area (Å²) < 4.78 is 0. The van der Waals surface area contributed by atoms with E-state index in [0.717, 1.165) is 24.1 Å². The van der Waals surface area contributed by atoms with E-state index in [1.54, 1.807) is 4.90 Å². The first-order chi connectivity index (χ1) is 11.7. The van der Waals surface area contributed by atoms with Crippen LogP contribution < -0.4 is 10.2 Å². The van der Waals surface area contributed by atoms with Crippen molar-refractivity contribution in [2.45, 2.75) is 57.9 Å². The Morgan fingerprint density at radius 1 is 1.25 bits per heavy atom. The molecule has 0 spiro atoms. The second-order valence-corrected chi connectivity index (χ2v) is 6.62. The zero-order valence-electron chi connectivity index (χ0n) is 14.4. The molecule has 0 bridgehead atoms. The van der Waals surface area contributed by atoms with E-state index >= 15 is 0 Å². The van der Waals surface area contributed by atoms with Crippen molar-refractivity contribution in [2.75, 3.05) is 11.4 Å². The molecule has 128 valence electrons. The average molecular weight is 326 g/mol. The highest BCUT2D eigenvalue weighted by Crippen LogP contribution is 2.32. The van der Waals surface area contributed by atoms with E-state index in [0.29, 0.717) is 19.4 Å². The molecule has 3 rings (SSSR count). The molecule has 1 heterocycles. The molecule has 4 nitrogen and oxygen atoms in total. The number of nitrogens with one attached hydrogen (secondary N) is 1. The van der Waals surface area contributed by atoms with Crippen LogP contribution in [0.3, 0.4) is 0 Å². The molecular formula is C20H26N2O2. The van der Waals surface area contributed by atoms with Crippen LogP contribution >= 0.6 is 0 Å². The Hall–Kier alpha value is -2.10. The molecule has 0 saturated carbocycles. The number of allylic oxidation sites excluding steroid dienone is 1. The van der Waals surface area contributed by atoms with Crippen LogP contribution in [0.4, 0.5) is 5.69 Å². The Balaban J connectivity index is 1.63. The predicted octanol–water partition coefficient (Wildman–Crippen LogP) is 3.36. The molecule has 1 aliphatic carbocycles. The van der Waals surface area contributed by atoms with E-state index in [1.807, 2.05) is 31.2 Å². The van der Waals surface area contributed by atoms with Crippen LogP contribution in [0.5, 0.6) is 0 Å². The molecule has 1 atom stereocenters. The number of para-hydroxylation sites is 1. The molecule has 0 fully saturated rings. The minimum atomic E-state index is -0.407. The second-order valence-electron chi connectivity index (χ2n) is 6.62. The average Bonchev–Trinajstić information content (AvgIpc) is 3.01. The van der Waals surface area contributed by atoms with Gasteiger partial charge in [-0.15, -0.1) is 0 Å². The third-order valence-corrected chi connectivity index (χ3v) is 4.98. The summed E-state index contributed by atoms with van der Waals surface area (Å²) in [6.45, 7) is 2.50. The van der Waals surface area contributed by atoms with Crippen LogP contribution in [0.25, 0.3) is 0 Å². The maximum absolute atomic E-state index is 12.7. The lowest BCUT2D eigenvalue weighted by Gasteiger charge is -2.24. The highest BCUT2D eigenvalue weighted by atomic mass is 16.2. The van der Waals surface area contributed by atoms with Gasteiger partial charge in [0.25, 0.3) is 0 Å². The van der Waals surface area contributed by atoms with Crippen LogP contribution in [0.1, 0.15) is 51.0 Å². The summed E-state index contributed by atoms with van der Waals surface area (Å²) >= 11 is 0. The topological polar surface area (TPSA) is 49.4 Å². The van der Waals surface area contributed by atoms with Gasteiger partial charge in [-0.1, -0.05) is 36.8 Å². The van der Waals surface area contributed by atoms with Crippen LogP contribution in [0.2, 0.25) is 0 Å². The van der Waals surface area contributed by atoms with Crippen molar-refractivity contribution < 1.29 is 9.59 Å². The minimum absolute atomic E-state index is 0.00934. The summed E-state index contributed by atoms with van der Waals surface area (Å²) in [5.41, 5.74) is 3.42. The molecule has 0 aromatic heterocycles. The molecule has 1 aliphatic heterocycles. The lowest BCUT2D eigenvalue weighted by atomic mass is 9.97. The summed E-state index contributed by atoms with van der Waals surface area (Å²) in [6.07, 6.45) is 9.12. The number of fused-ring (bicyclic) bond motifs is 1. The Kier molecular flexibility index (Phi) is 5.34. The van der Waals surface area contributed by atoms with E-state index in [4.69, 9.17) is 0 Å². The fraction of sp³-hybridized carbons (Fsp3) is 0.500. The van der Waals surface area contributed by atoms with Gasteiger partial charge in [0.2, 0.25) is 11.8 Å². The zero-order chi connectivity index (χ0) is 16.9. The number of carbonyl (C=O) groups excluding carboxylic acids is 2. The highest BCUT2D eigenvalue weighted by molar-refractivity contribution is 6.03. The third-order valence-electron chi connectivity index (χ3n) is 4.98. The minimum Gasteiger partial charge on any atom is -0.354 e. The molecule has 0 radical (unpaired) electrons. The van der Waals surface area contributed by atoms with Crippen molar-refractivity contribution in [1.29, 1.82) is 0 Å². The summed E-state index contributed by atoms with van der Waals surface area (Å²) in [4.78, 5) is 26.7. The normalized spacial score (nSPS) is 19.6. The number of carbonyl (C=O) groups is 2. The van der Waals surface area contributed by atoms with Gasteiger partial charge in [-0.3, -0.25) is 14.5 Å². The van der Waals surface area contributed by atoms with E-state index in [9.17, 15) is 9.59 Å². The molecule has 1 aromatic rings. The van der Waals surface area contributed by atoms with Crippen LogP contribution in [0, 0.1) is 0 Å². The van der Waals surface area contributed by atoms with Crippen molar-refractivity contribution in [3.63, 3.8) is 0 Å². The number of hydrogen-bond donors (Lipinski definition) is 1. The number of amides is 2. The van der Waals surface area contributed by atoms with E-state index in [2.05, 4.69) is 11.4 Å². The largest absolute Gasteiger partial charge is 0.354 e. The molecular weight excluding hydrogens is 300 g/mol. The fourth-order valence-corrected chi connectivity index (χ4v) is 3.67. The molecule has 1 aromatic carbocycles. The molecule has 0 unspecified atom stereocenters. The van der Waals surface area contributed by atoms with Gasteiger partial charge in [-0.25, -0.2) is 0 Å². The van der Waals surface area contributed by atoms with E-state index in [1.165, 1.54) is 24.8 Å². The summed E-state index contributed by atoms with van der Waals surface area (Å²) in [5.74, 6) is -0.0282. The number of rotatable bonds is 5. The molecule has 2 aliphatic rings. The van der Waals surface area contributed by atoms with Gasteiger partial charge in [0, 0.05) is 25.1 Å². The summed E-state index contributed by atoms with van der Waals surface area (Å²) in [5, 5.41) is 3.04. The van der Waals surface area contributed by atoms with Crippen LogP contribution in [-0.4, -0.2) is 24.4 Å². The van der Waals surface area contributed by atoms with Crippen LogP contribution in [0.15, 0.2) is 35.9 Å². The molecule has 2 amide bonds.